The maximum Gasteiger partial charge on any atom is 0.0789 e. The Hall–Kier alpha value is -0.160. The first kappa shape index (κ1) is 11.3. The van der Waals surface area contributed by atoms with Crippen molar-refractivity contribution in [3.05, 3.63) is 0 Å². The van der Waals surface area contributed by atoms with Crippen LogP contribution in [-0.4, -0.2) is 54.5 Å². The van der Waals surface area contributed by atoms with Crippen molar-refractivity contribution in [1.29, 1.82) is 0 Å². The lowest BCUT2D eigenvalue weighted by molar-refractivity contribution is -0.0964. The lowest BCUT2D eigenvalue weighted by Gasteiger charge is -2.44. The van der Waals surface area contributed by atoms with Gasteiger partial charge in [-0.05, 0) is 12.8 Å². The Balaban J connectivity index is 1.91. The predicted octanol–water partition coefficient (Wildman–Crippen LogP) is -0.0506. The molecule has 2 rings (SSSR count). The highest BCUT2D eigenvalue weighted by atomic mass is 16.5. The monoisotopic (exact) mass is 214 g/mol. The molecule has 3 atom stereocenters. The molecule has 1 heterocycles. The average Bonchev–Trinajstić information content (AvgIpc) is 2.29. The molecule has 0 bridgehead atoms. The van der Waals surface area contributed by atoms with Gasteiger partial charge in [-0.25, -0.2) is 0 Å². The Morgan fingerprint density at radius 1 is 1.40 bits per heavy atom. The highest BCUT2D eigenvalue weighted by molar-refractivity contribution is 4.88. The third-order valence-corrected chi connectivity index (χ3v) is 3.56. The molecule has 4 nitrogen and oxygen atoms in total. The fourth-order valence-corrected chi connectivity index (χ4v) is 2.75. The summed E-state index contributed by atoms with van der Waals surface area (Å²) in [5.41, 5.74) is 5.45. The Labute approximate surface area is 91.4 Å². The molecule has 2 aliphatic rings. The molecule has 0 radical (unpaired) electrons. The number of β-amino-alcohol motifs (C(OH)–C–C–N with tert-alkyl or cyclic N) is 1. The lowest BCUT2D eigenvalue weighted by Crippen LogP contribution is -2.55. The summed E-state index contributed by atoms with van der Waals surface area (Å²) in [6, 6.07) is 0.522. The minimum absolute atomic E-state index is 0.356. The van der Waals surface area contributed by atoms with E-state index in [1.54, 1.807) is 0 Å². The van der Waals surface area contributed by atoms with E-state index in [0.29, 0.717) is 25.2 Å². The van der Waals surface area contributed by atoms with Gasteiger partial charge >= 0.3 is 0 Å². The van der Waals surface area contributed by atoms with Gasteiger partial charge in [0, 0.05) is 25.7 Å². The fourth-order valence-electron chi connectivity index (χ4n) is 2.75. The van der Waals surface area contributed by atoms with E-state index in [1.807, 2.05) is 0 Å². The number of hydrogen-bond donors (Lipinski definition) is 2. The van der Waals surface area contributed by atoms with Crippen LogP contribution in [0.3, 0.4) is 0 Å². The lowest BCUT2D eigenvalue weighted by atomic mass is 9.90. The van der Waals surface area contributed by atoms with Crippen molar-refractivity contribution in [2.45, 2.75) is 43.9 Å². The van der Waals surface area contributed by atoms with Crippen LogP contribution in [0.15, 0.2) is 0 Å². The van der Waals surface area contributed by atoms with Crippen molar-refractivity contribution >= 4 is 0 Å². The largest absolute Gasteiger partial charge is 0.390 e. The van der Waals surface area contributed by atoms with Gasteiger partial charge in [-0.3, -0.25) is 4.90 Å². The summed E-state index contributed by atoms with van der Waals surface area (Å²) in [6.07, 6.45) is 4.99. The summed E-state index contributed by atoms with van der Waals surface area (Å²) >= 11 is 0. The summed E-state index contributed by atoms with van der Waals surface area (Å²) in [5.74, 6) is 0. The van der Waals surface area contributed by atoms with Crippen LogP contribution in [0.25, 0.3) is 0 Å². The first-order valence-corrected chi connectivity index (χ1v) is 6.05. The highest BCUT2D eigenvalue weighted by Gasteiger charge is 2.34. The maximum atomic E-state index is 9.59. The van der Waals surface area contributed by atoms with Crippen molar-refractivity contribution < 1.29 is 9.84 Å². The first-order chi connectivity index (χ1) is 7.31. The standard InChI is InChI=1S/C11H22N2O2/c12-7-9(14)8-13-5-6-15-11-4-2-1-3-10(11)13/h9-11,14H,1-8,12H2. The molecule has 0 aromatic carbocycles. The zero-order chi connectivity index (χ0) is 10.7. The highest BCUT2D eigenvalue weighted by Crippen LogP contribution is 2.28. The summed E-state index contributed by atoms with van der Waals surface area (Å²) in [4.78, 5) is 2.37. The molecule has 3 unspecified atom stereocenters. The van der Waals surface area contributed by atoms with E-state index in [-0.39, 0.29) is 6.10 Å². The van der Waals surface area contributed by atoms with Gasteiger partial charge in [0.25, 0.3) is 0 Å². The normalized spacial score (nSPS) is 34.8. The van der Waals surface area contributed by atoms with Crippen molar-refractivity contribution in [2.24, 2.45) is 5.73 Å². The molecular weight excluding hydrogens is 192 g/mol. The number of morpholine rings is 1. The van der Waals surface area contributed by atoms with Gasteiger partial charge in [0.05, 0.1) is 18.8 Å². The smallest absolute Gasteiger partial charge is 0.0789 e. The molecule has 15 heavy (non-hydrogen) atoms. The first-order valence-electron chi connectivity index (χ1n) is 6.05. The van der Waals surface area contributed by atoms with Crippen molar-refractivity contribution in [3.8, 4) is 0 Å². The number of aliphatic hydroxyl groups excluding tert-OH is 1. The molecule has 3 N–H and O–H groups in total. The van der Waals surface area contributed by atoms with Crippen LogP contribution in [0.4, 0.5) is 0 Å². The summed E-state index contributed by atoms with van der Waals surface area (Å²) in [5, 5.41) is 9.59. The molecule has 0 amide bonds. The van der Waals surface area contributed by atoms with Gasteiger partial charge < -0.3 is 15.6 Å². The summed E-state index contributed by atoms with van der Waals surface area (Å²) in [7, 11) is 0. The number of aliphatic hydroxyl groups is 1. The Morgan fingerprint density at radius 3 is 3.00 bits per heavy atom. The van der Waals surface area contributed by atoms with Gasteiger partial charge in [0.15, 0.2) is 0 Å². The van der Waals surface area contributed by atoms with Gasteiger partial charge in [-0.1, -0.05) is 12.8 Å². The van der Waals surface area contributed by atoms with E-state index in [2.05, 4.69) is 4.90 Å². The minimum Gasteiger partial charge on any atom is -0.390 e. The Morgan fingerprint density at radius 2 is 2.20 bits per heavy atom. The molecule has 4 heteroatoms. The summed E-state index contributed by atoms with van der Waals surface area (Å²) < 4.78 is 5.77. The topological polar surface area (TPSA) is 58.7 Å². The molecule has 1 saturated heterocycles. The predicted molar refractivity (Wildman–Crippen MR) is 58.6 cm³/mol. The van der Waals surface area contributed by atoms with Crippen LogP contribution in [0.1, 0.15) is 25.7 Å². The fraction of sp³-hybridized carbons (Fsp3) is 1.00. The molecule has 0 aromatic rings. The second-order valence-electron chi connectivity index (χ2n) is 4.65. The third-order valence-electron chi connectivity index (χ3n) is 3.56. The number of ether oxygens (including phenoxy) is 1. The quantitative estimate of drug-likeness (QED) is 0.691. The zero-order valence-corrected chi connectivity index (χ0v) is 9.27. The van der Waals surface area contributed by atoms with E-state index in [1.165, 1.54) is 25.7 Å². The van der Waals surface area contributed by atoms with Gasteiger partial charge in [-0.15, -0.1) is 0 Å². The number of nitrogens with two attached hydrogens (primary N) is 1. The average molecular weight is 214 g/mol. The Kier molecular flexibility index (Phi) is 3.97. The second-order valence-corrected chi connectivity index (χ2v) is 4.65. The van der Waals surface area contributed by atoms with Crippen LogP contribution >= 0.6 is 0 Å². The summed E-state index contributed by atoms with van der Waals surface area (Å²) in [6.45, 7) is 2.81. The van der Waals surface area contributed by atoms with Crippen LogP contribution in [0.2, 0.25) is 0 Å². The number of nitrogens with zero attached hydrogens (tertiary/aromatic N) is 1. The van der Waals surface area contributed by atoms with Gasteiger partial charge in [0.2, 0.25) is 0 Å². The minimum atomic E-state index is -0.384. The van der Waals surface area contributed by atoms with Crippen molar-refractivity contribution in [1.82, 2.24) is 4.90 Å². The molecule has 88 valence electrons. The maximum absolute atomic E-state index is 9.59. The van der Waals surface area contributed by atoms with E-state index in [9.17, 15) is 5.11 Å². The molecule has 0 spiro atoms. The molecular formula is C11H22N2O2. The second kappa shape index (κ2) is 5.25. The molecule has 2 fully saturated rings. The molecule has 1 aliphatic carbocycles. The van der Waals surface area contributed by atoms with Crippen molar-refractivity contribution in [2.75, 3.05) is 26.2 Å². The van der Waals surface area contributed by atoms with Crippen LogP contribution in [0.5, 0.6) is 0 Å². The van der Waals surface area contributed by atoms with Crippen LogP contribution < -0.4 is 5.73 Å². The number of fused-ring (bicyclic) bond motifs is 1. The number of rotatable bonds is 3. The van der Waals surface area contributed by atoms with Crippen molar-refractivity contribution in [3.63, 3.8) is 0 Å². The zero-order valence-electron chi connectivity index (χ0n) is 9.27. The van der Waals surface area contributed by atoms with E-state index in [4.69, 9.17) is 10.5 Å². The SMILES string of the molecule is NCC(O)CN1CCOC2CCCCC21. The Bertz CT molecular complexity index is 199. The molecule has 1 saturated carbocycles. The molecule has 0 aromatic heterocycles. The van der Waals surface area contributed by atoms with Gasteiger partial charge in [-0.2, -0.15) is 0 Å². The van der Waals surface area contributed by atoms with E-state index >= 15 is 0 Å². The number of hydrogen-bond acceptors (Lipinski definition) is 4. The third kappa shape index (κ3) is 2.69. The van der Waals surface area contributed by atoms with Crippen LogP contribution in [0, 0.1) is 0 Å². The molecule has 1 aliphatic heterocycles. The van der Waals surface area contributed by atoms with E-state index < -0.39 is 0 Å². The van der Waals surface area contributed by atoms with Gasteiger partial charge in [0.1, 0.15) is 0 Å². The van der Waals surface area contributed by atoms with Crippen LogP contribution in [-0.2, 0) is 4.74 Å². The van der Waals surface area contributed by atoms with E-state index in [0.717, 1.165) is 13.2 Å².